The third-order valence-electron chi connectivity index (χ3n) is 7.52. The lowest BCUT2D eigenvalue weighted by atomic mass is 9.53. The van der Waals surface area contributed by atoms with Crippen LogP contribution in [0.5, 0.6) is 0 Å². The third-order valence-corrected chi connectivity index (χ3v) is 7.52. The third kappa shape index (κ3) is 3.63. The molecule has 0 aromatic carbocycles. The molecule has 0 saturated heterocycles. The fourth-order valence-corrected chi connectivity index (χ4v) is 5.02. The van der Waals surface area contributed by atoms with Crippen LogP contribution in [0.2, 0.25) is 0 Å². The number of carbonyl (C=O) groups is 2. The van der Waals surface area contributed by atoms with Crippen molar-refractivity contribution in [2.75, 3.05) is 0 Å². The highest BCUT2D eigenvalue weighted by Gasteiger charge is 2.58. The maximum absolute atomic E-state index is 12.8. The Morgan fingerprint density at radius 1 is 1.10 bits per heavy atom. The molecule has 5 nitrogen and oxygen atoms in total. The molecule has 2 aliphatic rings. The van der Waals surface area contributed by atoms with E-state index in [1.54, 1.807) is 32.3 Å². The molecule has 5 heteroatoms. The van der Waals surface area contributed by atoms with E-state index in [0.29, 0.717) is 23.5 Å². The number of aryl methyl sites for hydroxylation is 1. The van der Waals surface area contributed by atoms with Crippen molar-refractivity contribution >= 4 is 11.9 Å². The Hall–Kier alpha value is -2.30. The van der Waals surface area contributed by atoms with Gasteiger partial charge in [0.25, 0.3) is 0 Å². The lowest BCUT2D eigenvalue weighted by Crippen LogP contribution is -2.54. The summed E-state index contributed by atoms with van der Waals surface area (Å²) in [6.07, 6.45) is 6.98. The lowest BCUT2D eigenvalue weighted by molar-refractivity contribution is -0.185. The molecule has 1 heterocycles. The van der Waals surface area contributed by atoms with Gasteiger partial charge in [0.05, 0.1) is 6.26 Å². The van der Waals surface area contributed by atoms with Gasteiger partial charge in [0.1, 0.15) is 18.0 Å². The number of ether oxygens (including phenoxy) is 2. The van der Waals surface area contributed by atoms with Crippen LogP contribution in [0.4, 0.5) is 0 Å². The molecule has 0 radical (unpaired) electrons. The summed E-state index contributed by atoms with van der Waals surface area (Å²) in [5, 5.41) is 0. The number of hydrogen-bond acceptors (Lipinski definition) is 5. The van der Waals surface area contributed by atoms with Crippen molar-refractivity contribution in [3.63, 3.8) is 0 Å². The Balaban J connectivity index is 2.04. The van der Waals surface area contributed by atoms with Crippen molar-refractivity contribution in [1.82, 2.24) is 0 Å². The van der Waals surface area contributed by atoms with E-state index in [4.69, 9.17) is 13.9 Å². The van der Waals surface area contributed by atoms with Gasteiger partial charge in [-0.3, -0.25) is 0 Å². The molecule has 1 fully saturated rings. The van der Waals surface area contributed by atoms with Gasteiger partial charge in [-0.1, -0.05) is 26.0 Å². The summed E-state index contributed by atoms with van der Waals surface area (Å²) in [5.74, 6) is 0.554. The normalized spacial score (nSPS) is 31.6. The molecular weight excluding hydrogens is 380 g/mol. The second kappa shape index (κ2) is 8.44. The van der Waals surface area contributed by atoms with E-state index in [0.717, 1.165) is 29.7 Å². The predicted molar refractivity (Wildman–Crippen MR) is 115 cm³/mol. The van der Waals surface area contributed by atoms with Crippen LogP contribution < -0.4 is 0 Å². The van der Waals surface area contributed by atoms with E-state index in [-0.39, 0.29) is 29.4 Å². The first-order valence-corrected chi connectivity index (χ1v) is 10.9. The Labute approximate surface area is 179 Å². The van der Waals surface area contributed by atoms with Gasteiger partial charge in [-0.15, -0.1) is 0 Å². The Bertz CT molecular complexity index is 889. The monoisotopic (exact) mass is 414 g/mol. The van der Waals surface area contributed by atoms with E-state index in [1.807, 2.05) is 20.8 Å². The first-order valence-electron chi connectivity index (χ1n) is 10.9. The zero-order valence-electron chi connectivity index (χ0n) is 19.2. The Morgan fingerprint density at radius 3 is 2.30 bits per heavy atom. The molecule has 1 saturated carbocycles. The zero-order valence-corrected chi connectivity index (χ0v) is 19.2. The summed E-state index contributed by atoms with van der Waals surface area (Å²) in [7, 11) is 0. The van der Waals surface area contributed by atoms with Gasteiger partial charge in [0, 0.05) is 34.5 Å². The summed E-state index contributed by atoms with van der Waals surface area (Å²) >= 11 is 0. The van der Waals surface area contributed by atoms with Gasteiger partial charge >= 0.3 is 11.9 Å². The van der Waals surface area contributed by atoms with Crippen LogP contribution in [-0.2, 0) is 25.5 Å². The minimum atomic E-state index is -0.438. The van der Waals surface area contributed by atoms with E-state index < -0.39 is 6.10 Å². The van der Waals surface area contributed by atoms with Crippen molar-refractivity contribution in [3.8, 4) is 0 Å². The van der Waals surface area contributed by atoms with Gasteiger partial charge < -0.3 is 13.9 Å². The minimum Gasteiger partial charge on any atom is -0.469 e. The highest BCUT2D eigenvalue weighted by molar-refractivity contribution is 5.88. The highest BCUT2D eigenvalue weighted by Crippen LogP contribution is 2.60. The number of fused-ring (bicyclic) bond motifs is 2. The maximum Gasteiger partial charge on any atom is 0.334 e. The van der Waals surface area contributed by atoms with Crippen LogP contribution in [0.1, 0.15) is 77.4 Å². The van der Waals surface area contributed by atoms with Gasteiger partial charge in [-0.25, -0.2) is 9.59 Å². The van der Waals surface area contributed by atoms with Crippen LogP contribution in [0.15, 0.2) is 34.0 Å². The van der Waals surface area contributed by atoms with Crippen molar-refractivity contribution in [1.29, 1.82) is 0 Å². The number of hydrogen-bond donors (Lipinski definition) is 0. The van der Waals surface area contributed by atoms with Crippen LogP contribution in [-0.4, -0.2) is 18.0 Å². The average Bonchev–Trinajstić information content (AvgIpc) is 3.10. The van der Waals surface area contributed by atoms with Crippen LogP contribution in [0, 0.1) is 24.2 Å². The summed E-state index contributed by atoms with van der Waals surface area (Å²) < 4.78 is 18.0. The van der Waals surface area contributed by atoms with Crippen molar-refractivity contribution < 1.29 is 23.5 Å². The van der Waals surface area contributed by atoms with Crippen molar-refractivity contribution in [2.45, 2.75) is 79.9 Å². The zero-order chi connectivity index (χ0) is 22.2. The molecule has 3 rings (SSSR count). The first-order chi connectivity index (χ1) is 14.1. The molecular formula is C25H34O5. The topological polar surface area (TPSA) is 65.7 Å². The van der Waals surface area contributed by atoms with Crippen LogP contribution >= 0.6 is 0 Å². The molecule has 164 valence electrons. The van der Waals surface area contributed by atoms with Crippen molar-refractivity contribution in [3.05, 3.63) is 46.4 Å². The molecule has 1 aromatic heterocycles. The molecule has 0 unspecified atom stereocenters. The maximum atomic E-state index is 12.8. The quantitative estimate of drug-likeness (QED) is 0.472. The van der Waals surface area contributed by atoms with E-state index in [9.17, 15) is 9.59 Å². The smallest absolute Gasteiger partial charge is 0.334 e. The number of esters is 2. The van der Waals surface area contributed by atoms with E-state index in [2.05, 4.69) is 13.8 Å². The van der Waals surface area contributed by atoms with Crippen LogP contribution in [0.25, 0.3) is 0 Å². The predicted octanol–water partition coefficient (Wildman–Crippen LogP) is 5.63. The summed E-state index contributed by atoms with van der Waals surface area (Å²) in [5.41, 5.74) is 2.80. The van der Waals surface area contributed by atoms with E-state index >= 15 is 0 Å². The molecule has 0 aliphatic heterocycles. The molecule has 0 N–H and O–H groups in total. The standard InChI is InChI=1S/C25H34O5/c1-8-14(3)23(26)29-19-11-10-17(6)25(7)18(19)12-20-21(16(5)13-28-20)22(25)30-24(27)15(4)9-2/h8-9,13,17-19,22H,10-12H2,1-7H3/b14-8-,15-9-/t17-,18-,19+,22+,25+/m0/s1. The van der Waals surface area contributed by atoms with Crippen molar-refractivity contribution in [2.24, 2.45) is 17.3 Å². The van der Waals surface area contributed by atoms with Gasteiger partial charge in [-0.05, 0) is 58.9 Å². The van der Waals surface area contributed by atoms with Gasteiger partial charge in [0.2, 0.25) is 0 Å². The number of furan rings is 1. The summed E-state index contributed by atoms with van der Waals surface area (Å²) in [4.78, 5) is 25.3. The number of carbonyl (C=O) groups excluding carboxylic acids is 2. The fraction of sp³-hybridized carbons (Fsp3) is 0.600. The first kappa shape index (κ1) is 22.4. The average molecular weight is 415 g/mol. The largest absolute Gasteiger partial charge is 0.469 e. The molecule has 1 aromatic rings. The molecule has 0 bridgehead atoms. The highest BCUT2D eigenvalue weighted by atomic mass is 16.6. The van der Waals surface area contributed by atoms with E-state index in [1.165, 1.54) is 0 Å². The Kier molecular flexibility index (Phi) is 6.30. The molecule has 5 atom stereocenters. The number of rotatable bonds is 4. The SMILES string of the molecule is C/C=C(/C)C(=O)O[C@@H]1c2c(C)coc2C[C@H]2[C@H](OC(=O)/C(C)=C\C)CC[C@H](C)[C@@]12C. The lowest BCUT2D eigenvalue weighted by Gasteiger charge is -2.54. The Morgan fingerprint density at radius 2 is 1.70 bits per heavy atom. The molecule has 0 spiro atoms. The molecule has 30 heavy (non-hydrogen) atoms. The second-order valence-electron chi connectivity index (χ2n) is 9.08. The fourth-order valence-electron chi connectivity index (χ4n) is 5.02. The van der Waals surface area contributed by atoms with Gasteiger partial charge in [-0.2, -0.15) is 0 Å². The van der Waals surface area contributed by atoms with Crippen LogP contribution in [0.3, 0.4) is 0 Å². The second-order valence-corrected chi connectivity index (χ2v) is 9.08. The summed E-state index contributed by atoms with van der Waals surface area (Å²) in [6.45, 7) is 13.6. The minimum absolute atomic E-state index is 0.0108. The molecule has 2 aliphatic carbocycles. The van der Waals surface area contributed by atoms with Gasteiger partial charge in [0.15, 0.2) is 0 Å². The number of allylic oxidation sites excluding steroid dienone is 2. The molecule has 0 amide bonds. The summed E-state index contributed by atoms with van der Waals surface area (Å²) in [6, 6.07) is 0.